The van der Waals surface area contributed by atoms with E-state index in [1.807, 2.05) is 24.3 Å². The van der Waals surface area contributed by atoms with Crippen LogP contribution in [0, 0.1) is 0 Å². The number of ketones is 1. The topological polar surface area (TPSA) is 101 Å². The minimum Gasteiger partial charge on any atom is -0.496 e. The largest absolute Gasteiger partial charge is 0.496 e. The van der Waals surface area contributed by atoms with E-state index in [-0.39, 0.29) is 5.78 Å². The molecule has 0 amide bonds. The number of anilines is 1. The summed E-state index contributed by atoms with van der Waals surface area (Å²) in [6.45, 7) is 0. The molecular weight excluding hydrogens is 402 g/mol. The molecule has 0 aliphatic heterocycles. The summed E-state index contributed by atoms with van der Waals surface area (Å²) in [5.74, 6) is 0.941. The van der Waals surface area contributed by atoms with E-state index >= 15 is 0 Å². The number of ether oxygens (including phenoxy) is 1. The maximum absolute atomic E-state index is 12.7. The zero-order valence-corrected chi connectivity index (χ0v) is 17.2. The van der Waals surface area contributed by atoms with E-state index in [9.17, 15) is 13.2 Å². The number of sulfonamides is 1. The maximum Gasteiger partial charge on any atom is 0.229 e. The third-order valence-electron chi connectivity index (χ3n) is 4.54. The average Bonchev–Trinajstić information content (AvgIpc) is 3.15. The monoisotopic (exact) mass is 421 g/mol. The Kier molecular flexibility index (Phi) is 5.01. The van der Waals surface area contributed by atoms with E-state index in [4.69, 9.17) is 4.74 Å². The predicted octanol–water partition coefficient (Wildman–Crippen LogP) is 3.84. The Hall–Kier alpha value is -3.65. The van der Waals surface area contributed by atoms with Gasteiger partial charge in [0.15, 0.2) is 5.78 Å². The third kappa shape index (κ3) is 4.04. The number of nitrogens with one attached hydrogen (secondary N) is 2. The van der Waals surface area contributed by atoms with Crippen LogP contribution in [0.15, 0.2) is 66.7 Å². The summed E-state index contributed by atoms with van der Waals surface area (Å²) in [6, 6.07) is 19.3. The lowest BCUT2D eigenvalue weighted by Gasteiger charge is -2.09. The van der Waals surface area contributed by atoms with E-state index in [1.54, 1.807) is 42.5 Å². The molecule has 4 rings (SSSR count). The number of fused-ring (bicyclic) bond motifs is 1. The smallest absolute Gasteiger partial charge is 0.229 e. The van der Waals surface area contributed by atoms with Crippen molar-refractivity contribution in [2.45, 2.75) is 0 Å². The highest BCUT2D eigenvalue weighted by Gasteiger charge is 2.15. The molecule has 0 bridgehead atoms. The fraction of sp³-hybridized carbons (Fsp3) is 0.0909. The van der Waals surface area contributed by atoms with Crippen molar-refractivity contribution in [3.05, 3.63) is 77.9 Å². The van der Waals surface area contributed by atoms with Crippen molar-refractivity contribution in [2.24, 2.45) is 0 Å². The lowest BCUT2D eigenvalue weighted by molar-refractivity contribution is 0.103. The number of benzene rings is 3. The highest BCUT2D eigenvalue weighted by molar-refractivity contribution is 7.92. The zero-order chi connectivity index (χ0) is 21.3. The minimum atomic E-state index is -3.40. The van der Waals surface area contributed by atoms with E-state index in [0.29, 0.717) is 39.5 Å². The predicted molar refractivity (Wildman–Crippen MR) is 116 cm³/mol. The number of rotatable bonds is 6. The molecule has 30 heavy (non-hydrogen) atoms. The average molecular weight is 421 g/mol. The molecule has 0 atom stereocenters. The Morgan fingerprint density at radius 1 is 1.00 bits per heavy atom. The van der Waals surface area contributed by atoms with Gasteiger partial charge in [0.25, 0.3) is 0 Å². The van der Waals surface area contributed by atoms with Crippen molar-refractivity contribution < 1.29 is 17.9 Å². The van der Waals surface area contributed by atoms with Gasteiger partial charge in [0, 0.05) is 17.2 Å². The molecule has 0 saturated heterocycles. The Bertz CT molecular complexity index is 1350. The van der Waals surface area contributed by atoms with Gasteiger partial charge in [-0.15, -0.1) is 0 Å². The maximum atomic E-state index is 12.7. The number of hydrogen-bond acceptors (Lipinski definition) is 5. The molecule has 0 unspecified atom stereocenters. The van der Waals surface area contributed by atoms with Crippen molar-refractivity contribution in [1.82, 2.24) is 9.97 Å². The van der Waals surface area contributed by atoms with E-state index in [0.717, 1.165) is 11.8 Å². The molecule has 0 spiro atoms. The lowest BCUT2D eigenvalue weighted by atomic mass is 10.0. The summed E-state index contributed by atoms with van der Waals surface area (Å²) in [6.07, 6.45) is 1.08. The highest BCUT2D eigenvalue weighted by Crippen LogP contribution is 2.32. The minimum absolute atomic E-state index is 0.0733. The van der Waals surface area contributed by atoms with Gasteiger partial charge in [0.1, 0.15) is 11.6 Å². The van der Waals surface area contributed by atoms with Crippen LogP contribution < -0.4 is 9.46 Å². The fourth-order valence-corrected chi connectivity index (χ4v) is 3.75. The number of hydrogen-bond donors (Lipinski definition) is 2. The first-order valence-corrected chi connectivity index (χ1v) is 11.0. The molecule has 7 nitrogen and oxygen atoms in total. The van der Waals surface area contributed by atoms with Crippen molar-refractivity contribution in [3.63, 3.8) is 0 Å². The van der Waals surface area contributed by atoms with Crippen LogP contribution in [0.2, 0.25) is 0 Å². The van der Waals surface area contributed by atoms with Gasteiger partial charge in [0.05, 0.1) is 35.6 Å². The first-order chi connectivity index (χ1) is 14.3. The summed E-state index contributed by atoms with van der Waals surface area (Å²) < 4.78 is 30.8. The molecule has 1 aromatic heterocycles. The Labute approximate surface area is 173 Å². The van der Waals surface area contributed by atoms with Crippen LogP contribution in [0.4, 0.5) is 5.69 Å². The normalized spacial score (nSPS) is 11.4. The second kappa shape index (κ2) is 7.64. The summed E-state index contributed by atoms with van der Waals surface area (Å²) >= 11 is 0. The number of imidazole rings is 1. The van der Waals surface area contributed by atoms with Crippen LogP contribution in [-0.2, 0) is 10.0 Å². The standard InChI is InChI=1S/C22H19N3O4S/c1-29-20-13-16(25-30(2,27)28)9-10-17(20)22-23-18-11-8-15(12-19(18)24-22)21(26)14-6-4-3-5-7-14/h3-13,25H,1-2H3,(H,23,24). The van der Waals surface area contributed by atoms with Crippen LogP contribution in [0.1, 0.15) is 15.9 Å². The lowest BCUT2D eigenvalue weighted by Crippen LogP contribution is -2.09. The number of aromatic amines is 1. The van der Waals surface area contributed by atoms with E-state index in [1.165, 1.54) is 7.11 Å². The van der Waals surface area contributed by atoms with Crippen molar-refractivity contribution in [2.75, 3.05) is 18.1 Å². The summed E-state index contributed by atoms with van der Waals surface area (Å²) in [7, 11) is -1.89. The zero-order valence-electron chi connectivity index (χ0n) is 16.3. The molecule has 0 aliphatic rings. The molecule has 0 fully saturated rings. The van der Waals surface area contributed by atoms with Crippen LogP contribution >= 0.6 is 0 Å². The van der Waals surface area contributed by atoms with E-state index in [2.05, 4.69) is 14.7 Å². The van der Waals surface area contributed by atoms with Crippen molar-refractivity contribution >= 4 is 32.5 Å². The van der Waals surface area contributed by atoms with Gasteiger partial charge in [-0.05, 0) is 30.3 Å². The number of H-pyrrole nitrogens is 1. The summed E-state index contributed by atoms with van der Waals surface area (Å²) in [5, 5.41) is 0. The molecule has 1 heterocycles. The first kappa shape index (κ1) is 19.7. The Balaban J connectivity index is 1.71. The van der Waals surface area contributed by atoms with Gasteiger partial charge < -0.3 is 9.72 Å². The SMILES string of the molecule is COc1cc(NS(C)(=O)=O)ccc1-c1nc2cc(C(=O)c3ccccc3)ccc2[nH]1. The Morgan fingerprint density at radius 3 is 2.47 bits per heavy atom. The molecular formula is C22H19N3O4S. The number of nitrogens with zero attached hydrogens (tertiary/aromatic N) is 1. The van der Waals surface area contributed by atoms with Crippen LogP contribution in [0.25, 0.3) is 22.4 Å². The molecule has 4 aromatic rings. The van der Waals surface area contributed by atoms with Gasteiger partial charge >= 0.3 is 0 Å². The van der Waals surface area contributed by atoms with Crippen LogP contribution in [-0.4, -0.2) is 37.5 Å². The van der Waals surface area contributed by atoms with Crippen molar-refractivity contribution in [3.8, 4) is 17.1 Å². The molecule has 3 aromatic carbocycles. The number of methoxy groups -OCH3 is 1. The molecule has 8 heteroatoms. The fourth-order valence-electron chi connectivity index (χ4n) is 3.20. The van der Waals surface area contributed by atoms with Crippen LogP contribution in [0.3, 0.4) is 0 Å². The van der Waals surface area contributed by atoms with Crippen LogP contribution in [0.5, 0.6) is 5.75 Å². The van der Waals surface area contributed by atoms with Gasteiger partial charge in [-0.3, -0.25) is 9.52 Å². The molecule has 2 N–H and O–H groups in total. The Morgan fingerprint density at radius 2 is 1.77 bits per heavy atom. The summed E-state index contributed by atoms with van der Waals surface area (Å²) in [4.78, 5) is 20.5. The second-order valence-corrected chi connectivity index (χ2v) is 8.55. The molecule has 0 saturated carbocycles. The third-order valence-corrected chi connectivity index (χ3v) is 5.15. The van der Waals surface area contributed by atoms with Gasteiger partial charge in [-0.25, -0.2) is 13.4 Å². The van der Waals surface area contributed by atoms with Crippen molar-refractivity contribution in [1.29, 1.82) is 0 Å². The van der Waals surface area contributed by atoms with Gasteiger partial charge in [-0.1, -0.05) is 30.3 Å². The highest BCUT2D eigenvalue weighted by atomic mass is 32.2. The van der Waals surface area contributed by atoms with Gasteiger partial charge in [0.2, 0.25) is 10.0 Å². The first-order valence-electron chi connectivity index (χ1n) is 9.10. The molecule has 0 aliphatic carbocycles. The number of carbonyl (C=O) groups is 1. The number of aromatic nitrogens is 2. The van der Waals surface area contributed by atoms with Gasteiger partial charge in [-0.2, -0.15) is 0 Å². The summed E-state index contributed by atoms with van der Waals surface area (Å²) in [5.41, 5.74) is 3.64. The molecule has 0 radical (unpaired) electrons. The quantitative estimate of drug-likeness (QED) is 0.461. The molecule has 152 valence electrons. The van der Waals surface area contributed by atoms with E-state index < -0.39 is 10.0 Å². The number of carbonyl (C=O) groups excluding carboxylic acids is 1. The second-order valence-electron chi connectivity index (χ2n) is 6.80.